The second-order valence-electron chi connectivity index (χ2n) is 5.70. The number of halogens is 3. The molecule has 1 aromatic heterocycles. The monoisotopic (exact) mass is 337 g/mol. The molecular weight excluding hydrogens is 321 g/mol. The molecule has 4 nitrogen and oxygen atoms in total. The Morgan fingerprint density at radius 2 is 1.92 bits per heavy atom. The fraction of sp³-hybridized carbons (Fsp3) is 0.353. The zero-order chi connectivity index (χ0) is 17.2. The van der Waals surface area contributed by atoms with Crippen molar-refractivity contribution in [1.82, 2.24) is 4.98 Å². The van der Waals surface area contributed by atoms with Gasteiger partial charge in [-0.1, -0.05) is 0 Å². The smallest absolute Gasteiger partial charge is 0.416 e. The Labute approximate surface area is 137 Å². The van der Waals surface area contributed by atoms with Crippen LogP contribution in [0.5, 0.6) is 11.6 Å². The second kappa shape index (κ2) is 6.59. The minimum absolute atomic E-state index is 0.140. The van der Waals surface area contributed by atoms with Gasteiger partial charge < -0.3 is 9.64 Å². The van der Waals surface area contributed by atoms with Gasteiger partial charge in [0.25, 0.3) is 5.88 Å². The molecule has 2 heterocycles. The summed E-state index contributed by atoms with van der Waals surface area (Å²) in [5.41, 5.74) is 0.0931. The number of aromatic nitrogens is 1. The van der Waals surface area contributed by atoms with Crippen molar-refractivity contribution in [2.75, 3.05) is 18.0 Å². The molecule has 1 radical (unpaired) electrons. The van der Waals surface area contributed by atoms with Crippen LogP contribution in [0.25, 0.3) is 0 Å². The summed E-state index contributed by atoms with van der Waals surface area (Å²) in [4.78, 5) is 5.67. The first-order valence-electron chi connectivity index (χ1n) is 7.64. The SMILES string of the molecule is [O]c1cc(N2CCCC(Oc3ccc(C(F)(F)F)cc3)C2)ccn1. The van der Waals surface area contributed by atoms with Crippen LogP contribution >= 0.6 is 0 Å². The van der Waals surface area contributed by atoms with Gasteiger partial charge in [0.15, 0.2) is 0 Å². The normalized spacial score (nSPS) is 18.5. The van der Waals surface area contributed by atoms with Gasteiger partial charge in [-0.3, -0.25) is 5.11 Å². The first-order chi connectivity index (χ1) is 11.4. The minimum Gasteiger partial charge on any atom is -0.489 e. The Kier molecular flexibility index (Phi) is 4.51. The first kappa shape index (κ1) is 16.4. The van der Waals surface area contributed by atoms with E-state index in [2.05, 4.69) is 4.98 Å². The highest BCUT2D eigenvalue weighted by Crippen LogP contribution is 2.31. The van der Waals surface area contributed by atoms with Crippen LogP contribution < -0.4 is 9.64 Å². The average molecular weight is 337 g/mol. The van der Waals surface area contributed by atoms with Crippen molar-refractivity contribution in [3.05, 3.63) is 48.2 Å². The summed E-state index contributed by atoms with van der Waals surface area (Å²) in [6, 6.07) is 7.95. The van der Waals surface area contributed by atoms with Crippen LogP contribution in [0.1, 0.15) is 18.4 Å². The molecule has 127 valence electrons. The zero-order valence-electron chi connectivity index (χ0n) is 12.8. The number of hydrogen-bond acceptors (Lipinski definition) is 3. The number of hydrogen-bond donors (Lipinski definition) is 0. The molecule has 0 spiro atoms. The minimum atomic E-state index is -4.35. The highest BCUT2D eigenvalue weighted by Gasteiger charge is 2.30. The van der Waals surface area contributed by atoms with Gasteiger partial charge in [0.1, 0.15) is 11.9 Å². The van der Waals surface area contributed by atoms with Crippen molar-refractivity contribution in [2.45, 2.75) is 25.1 Å². The van der Waals surface area contributed by atoms with Gasteiger partial charge in [-0.25, -0.2) is 4.98 Å². The standard InChI is InChI=1S/C17H16F3N2O2/c18-17(19,20)12-3-5-14(6-4-12)24-15-2-1-9-22(11-15)13-7-8-21-16(23)10-13/h3-8,10,15H,1-2,9,11H2. The summed E-state index contributed by atoms with van der Waals surface area (Å²) in [6.07, 6.45) is -1.33. The predicted octanol–water partition coefficient (Wildman–Crippen LogP) is 4.29. The van der Waals surface area contributed by atoms with Crippen LogP contribution in [-0.2, 0) is 11.3 Å². The van der Waals surface area contributed by atoms with E-state index in [9.17, 15) is 18.3 Å². The van der Waals surface area contributed by atoms with Gasteiger partial charge in [-0.2, -0.15) is 13.2 Å². The summed E-state index contributed by atoms with van der Waals surface area (Å²) >= 11 is 0. The molecule has 2 aromatic rings. The Balaban J connectivity index is 1.65. The molecule has 1 unspecified atom stereocenters. The van der Waals surface area contributed by atoms with E-state index in [0.29, 0.717) is 12.3 Å². The zero-order valence-corrected chi connectivity index (χ0v) is 12.8. The molecule has 7 heteroatoms. The molecule has 0 N–H and O–H groups in total. The predicted molar refractivity (Wildman–Crippen MR) is 81.7 cm³/mol. The molecule has 0 amide bonds. The molecule has 3 rings (SSSR count). The van der Waals surface area contributed by atoms with Gasteiger partial charge in [-0.15, -0.1) is 0 Å². The lowest BCUT2D eigenvalue weighted by Crippen LogP contribution is -2.41. The largest absolute Gasteiger partial charge is 0.489 e. The molecule has 0 aliphatic carbocycles. The van der Waals surface area contributed by atoms with E-state index in [1.54, 1.807) is 6.07 Å². The number of piperidine rings is 1. The van der Waals surface area contributed by atoms with Crippen molar-refractivity contribution in [1.29, 1.82) is 0 Å². The van der Waals surface area contributed by atoms with E-state index in [0.717, 1.165) is 37.2 Å². The third kappa shape index (κ3) is 3.90. The number of rotatable bonds is 3. The molecule has 1 aliphatic rings. The number of anilines is 1. The quantitative estimate of drug-likeness (QED) is 0.839. The van der Waals surface area contributed by atoms with Gasteiger partial charge in [-0.05, 0) is 43.2 Å². The Morgan fingerprint density at radius 1 is 1.17 bits per heavy atom. The molecule has 0 saturated carbocycles. The van der Waals surface area contributed by atoms with Crippen molar-refractivity contribution in [2.24, 2.45) is 0 Å². The molecule has 1 aliphatic heterocycles. The maximum Gasteiger partial charge on any atom is 0.416 e. The van der Waals surface area contributed by atoms with Crippen LogP contribution in [0.3, 0.4) is 0 Å². The van der Waals surface area contributed by atoms with E-state index in [4.69, 9.17) is 4.74 Å². The number of nitrogens with zero attached hydrogens (tertiary/aromatic N) is 2. The fourth-order valence-corrected chi connectivity index (χ4v) is 2.78. The van der Waals surface area contributed by atoms with Crippen LogP contribution in [0.15, 0.2) is 42.6 Å². The molecule has 0 bridgehead atoms. The summed E-state index contributed by atoms with van der Waals surface area (Å²) < 4.78 is 43.5. The lowest BCUT2D eigenvalue weighted by Gasteiger charge is -2.34. The summed E-state index contributed by atoms with van der Waals surface area (Å²) in [5.74, 6) is 0.118. The first-order valence-corrected chi connectivity index (χ1v) is 7.64. The van der Waals surface area contributed by atoms with E-state index in [-0.39, 0.29) is 12.0 Å². The van der Waals surface area contributed by atoms with Gasteiger partial charge in [0.05, 0.1) is 12.1 Å². The van der Waals surface area contributed by atoms with E-state index in [1.807, 2.05) is 4.90 Å². The van der Waals surface area contributed by atoms with Crippen molar-refractivity contribution >= 4 is 5.69 Å². The Hall–Kier alpha value is -2.44. The lowest BCUT2D eigenvalue weighted by atomic mass is 10.1. The topological polar surface area (TPSA) is 45.3 Å². The average Bonchev–Trinajstić information content (AvgIpc) is 2.55. The summed E-state index contributed by atoms with van der Waals surface area (Å²) in [6.45, 7) is 1.38. The van der Waals surface area contributed by atoms with Crippen molar-refractivity contribution in [3.8, 4) is 11.6 Å². The van der Waals surface area contributed by atoms with E-state index >= 15 is 0 Å². The molecule has 1 aromatic carbocycles. The van der Waals surface area contributed by atoms with Gasteiger partial charge in [0, 0.05) is 24.5 Å². The number of alkyl halides is 3. The van der Waals surface area contributed by atoms with Crippen LogP contribution in [0, 0.1) is 0 Å². The van der Waals surface area contributed by atoms with Crippen LogP contribution in [0.2, 0.25) is 0 Å². The number of benzene rings is 1. The number of pyridine rings is 1. The lowest BCUT2D eigenvalue weighted by molar-refractivity contribution is -0.137. The third-order valence-electron chi connectivity index (χ3n) is 3.95. The molecule has 24 heavy (non-hydrogen) atoms. The van der Waals surface area contributed by atoms with Gasteiger partial charge in [0.2, 0.25) is 0 Å². The van der Waals surface area contributed by atoms with Crippen LogP contribution in [0.4, 0.5) is 18.9 Å². The summed E-state index contributed by atoms with van der Waals surface area (Å²) in [7, 11) is 0. The highest BCUT2D eigenvalue weighted by atomic mass is 19.4. The fourth-order valence-electron chi connectivity index (χ4n) is 2.78. The maximum absolute atomic E-state index is 12.6. The Bertz CT molecular complexity index is 689. The molecule has 1 atom stereocenters. The number of ether oxygens (including phenoxy) is 1. The third-order valence-corrected chi connectivity index (χ3v) is 3.95. The van der Waals surface area contributed by atoms with E-state index in [1.165, 1.54) is 24.4 Å². The van der Waals surface area contributed by atoms with E-state index < -0.39 is 11.7 Å². The van der Waals surface area contributed by atoms with Gasteiger partial charge >= 0.3 is 6.18 Å². The van der Waals surface area contributed by atoms with Crippen LogP contribution in [-0.4, -0.2) is 24.2 Å². The molecule has 1 fully saturated rings. The van der Waals surface area contributed by atoms with Crippen molar-refractivity contribution < 1.29 is 23.0 Å². The summed E-state index contributed by atoms with van der Waals surface area (Å²) in [5, 5.41) is 11.4. The highest BCUT2D eigenvalue weighted by molar-refractivity contribution is 5.48. The molecule has 1 saturated heterocycles. The maximum atomic E-state index is 12.6. The second-order valence-corrected chi connectivity index (χ2v) is 5.70. The molecular formula is C17H16F3N2O2. The Morgan fingerprint density at radius 3 is 2.58 bits per heavy atom. The van der Waals surface area contributed by atoms with Crippen molar-refractivity contribution in [3.63, 3.8) is 0 Å².